The van der Waals surface area contributed by atoms with E-state index < -0.39 is 10.0 Å². The van der Waals surface area contributed by atoms with Gasteiger partial charge in [0.15, 0.2) is 5.82 Å². The minimum Gasteiger partial charge on any atom is -0.494 e. The van der Waals surface area contributed by atoms with Gasteiger partial charge >= 0.3 is 0 Å². The summed E-state index contributed by atoms with van der Waals surface area (Å²) in [6, 6.07) is 16.4. The molecule has 0 radical (unpaired) electrons. The zero-order valence-electron chi connectivity index (χ0n) is 25.2. The Balaban J connectivity index is 1.22. The Morgan fingerprint density at radius 3 is 2.44 bits per heavy atom. The second kappa shape index (κ2) is 10.1. The van der Waals surface area contributed by atoms with Crippen LogP contribution in [-0.4, -0.2) is 64.1 Å². The minimum absolute atomic E-state index is 0.0262. The van der Waals surface area contributed by atoms with E-state index in [0.717, 1.165) is 71.6 Å². The number of primary sulfonamides is 1. The van der Waals surface area contributed by atoms with Crippen molar-refractivity contribution in [1.82, 2.24) is 24.0 Å². The topological polar surface area (TPSA) is 151 Å². The molecule has 3 fully saturated rings. The number of amides is 1. The van der Waals surface area contributed by atoms with Gasteiger partial charge < -0.3 is 24.5 Å². The third-order valence-electron chi connectivity index (χ3n) is 9.90. The molecule has 3 aromatic heterocycles. The molecule has 2 bridgehead atoms. The van der Waals surface area contributed by atoms with Gasteiger partial charge in [-0.3, -0.25) is 4.79 Å². The quantitative estimate of drug-likeness (QED) is 0.279. The van der Waals surface area contributed by atoms with Gasteiger partial charge in [0.25, 0.3) is 5.91 Å². The number of nitrogens with two attached hydrogens (primary N) is 2. The van der Waals surface area contributed by atoms with Gasteiger partial charge in [0, 0.05) is 48.7 Å². The minimum atomic E-state index is -3.78. The van der Waals surface area contributed by atoms with E-state index >= 15 is 0 Å². The molecule has 1 saturated heterocycles. The van der Waals surface area contributed by atoms with Crippen LogP contribution in [0.4, 0.5) is 0 Å². The molecular weight excluding hydrogens is 590 g/mol. The van der Waals surface area contributed by atoms with Gasteiger partial charge in [-0.05, 0) is 80.0 Å². The highest BCUT2D eigenvalue weighted by Gasteiger charge is 2.47. The van der Waals surface area contributed by atoms with Crippen LogP contribution in [0.2, 0.25) is 0 Å². The number of aryl methyl sites for hydroxylation is 1. The van der Waals surface area contributed by atoms with Gasteiger partial charge in [0.2, 0.25) is 10.0 Å². The molecule has 232 valence electrons. The van der Waals surface area contributed by atoms with E-state index in [1.54, 1.807) is 19.2 Å². The van der Waals surface area contributed by atoms with Gasteiger partial charge in [0.05, 0.1) is 28.9 Å². The predicted molar refractivity (Wildman–Crippen MR) is 171 cm³/mol. The maximum Gasteiger partial charge on any atom is 0.254 e. The lowest BCUT2D eigenvalue weighted by Crippen LogP contribution is -2.41. The van der Waals surface area contributed by atoms with Crippen LogP contribution < -0.4 is 15.6 Å². The molecule has 4 heterocycles. The van der Waals surface area contributed by atoms with E-state index in [2.05, 4.69) is 10.6 Å². The number of imidazole rings is 1. The summed E-state index contributed by atoms with van der Waals surface area (Å²) in [6.07, 6.45) is 4.36. The van der Waals surface area contributed by atoms with Crippen molar-refractivity contribution in [2.75, 3.05) is 13.7 Å². The fourth-order valence-corrected chi connectivity index (χ4v) is 7.81. The highest BCUT2D eigenvalue weighted by atomic mass is 32.2. The molecule has 0 spiro atoms. The summed E-state index contributed by atoms with van der Waals surface area (Å²) < 4.78 is 33.6. The number of sulfonamides is 1. The summed E-state index contributed by atoms with van der Waals surface area (Å²) in [5.74, 6) is 2.26. The maximum absolute atomic E-state index is 13.7. The third-order valence-corrected chi connectivity index (χ3v) is 10.8. The zero-order valence-corrected chi connectivity index (χ0v) is 26.0. The molecule has 1 amide bonds. The summed E-state index contributed by atoms with van der Waals surface area (Å²) in [6.45, 7) is 1.51. The molecule has 5 aromatic rings. The number of pyridine rings is 1. The first-order valence-corrected chi connectivity index (χ1v) is 16.9. The Labute approximate surface area is 260 Å². The molecule has 11 nitrogen and oxygen atoms in total. The lowest BCUT2D eigenvalue weighted by atomic mass is 10.1. The Kier molecular flexibility index (Phi) is 6.35. The van der Waals surface area contributed by atoms with Crippen molar-refractivity contribution in [3.05, 3.63) is 60.2 Å². The molecule has 3 aliphatic rings. The number of benzene rings is 2. The second-order valence-electron chi connectivity index (χ2n) is 12.7. The number of carbonyl (C=O) groups is 1. The number of carbonyl (C=O) groups excluding carboxylic acids is 1. The number of aromatic nitrogens is 4. The van der Waals surface area contributed by atoms with Gasteiger partial charge in [-0.2, -0.15) is 0 Å². The van der Waals surface area contributed by atoms with Crippen molar-refractivity contribution >= 4 is 38.0 Å². The number of nitrogens with zero attached hydrogens (tertiary/aromatic N) is 5. The number of hydrogen-bond donors (Lipinski definition) is 2. The number of piperidine rings is 1. The van der Waals surface area contributed by atoms with Crippen molar-refractivity contribution in [2.24, 2.45) is 29.8 Å². The summed E-state index contributed by atoms with van der Waals surface area (Å²) >= 11 is 0. The Hall–Kier alpha value is -4.26. The van der Waals surface area contributed by atoms with Crippen molar-refractivity contribution in [3.8, 4) is 28.5 Å². The normalized spacial score (nSPS) is 21.3. The Morgan fingerprint density at radius 1 is 1.02 bits per heavy atom. The Morgan fingerprint density at radius 2 is 1.80 bits per heavy atom. The maximum atomic E-state index is 13.7. The Bertz CT molecular complexity index is 2110. The zero-order chi connectivity index (χ0) is 31.2. The van der Waals surface area contributed by atoms with Crippen LogP contribution in [0.25, 0.3) is 44.8 Å². The van der Waals surface area contributed by atoms with Crippen molar-refractivity contribution < 1.29 is 17.9 Å². The lowest BCUT2D eigenvalue weighted by Gasteiger charge is -2.27. The molecule has 1 aliphatic heterocycles. The molecule has 8 rings (SSSR count). The first-order valence-electron chi connectivity index (χ1n) is 15.4. The lowest BCUT2D eigenvalue weighted by molar-refractivity contribution is 0.0700. The average molecular weight is 626 g/mol. The predicted octanol–water partition coefficient (Wildman–Crippen LogP) is 3.88. The van der Waals surface area contributed by atoms with Crippen molar-refractivity contribution in [3.63, 3.8) is 0 Å². The number of hydrogen-bond acceptors (Lipinski definition) is 7. The average Bonchev–Trinajstić information content (AvgIpc) is 3.44. The smallest absolute Gasteiger partial charge is 0.254 e. The van der Waals surface area contributed by atoms with E-state index in [0.29, 0.717) is 35.2 Å². The van der Waals surface area contributed by atoms with Crippen molar-refractivity contribution in [1.29, 1.82) is 0 Å². The van der Waals surface area contributed by atoms with E-state index in [1.807, 2.05) is 40.8 Å². The van der Waals surface area contributed by atoms with E-state index in [9.17, 15) is 13.2 Å². The highest BCUT2D eigenvalue weighted by Crippen LogP contribution is 2.40. The monoisotopic (exact) mass is 625 g/mol. The molecule has 4 N–H and O–H groups in total. The summed E-state index contributed by atoms with van der Waals surface area (Å²) in [7, 11) is -0.193. The number of ether oxygens (including phenoxy) is 1. The van der Waals surface area contributed by atoms with Gasteiger partial charge in [-0.15, -0.1) is 0 Å². The summed E-state index contributed by atoms with van der Waals surface area (Å²) in [5, 5.41) is 6.27. The van der Waals surface area contributed by atoms with E-state index in [-0.39, 0.29) is 22.9 Å². The van der Waals surface area contributed by atoms with Gasteiger partial charge in [-0.25, -0.2) is 23.5 Å². The number of likely N-dealkylation sites (tertiary alicyclic amines) is 1. The van der Waals surface area contributed by atoms with Crippen molar-refractivity contribution in [2.45, 2.75) is 49.2 Å². The molecule has 45 heavy (non-hydrogen) atoms. The van der Waals surface area contributed by atoms with E-state index in [4.69, 9.17) is 25.6 Å². The number of methoxy groups -OCH3 is 1. The molecule has 2 aliphatic carbocycles. The second-order valence-corrected chi connectivity index (χ2v) is 14.3. The van der Waals surface area contributed by atoms with Crippen LogP contribution in [0.3, 0.4) is 0 Å². The standard InChI is InChI=1S/C33H35N7O4S/c1-38-30-25(13-22(15-28(30)44-2)33(41)40-17-21-8-12-26(40)29(21)34)37-32(38)27-14-20-7-11-24(36-31(20)39(27)16-18-3-4-18)19-5-9-23(10-6-19)45(35,42)43/h5-7,9-11,13-15,18,21,26,29H,3-4,8,12,16-17,34H2,1-2H3,(H2,35,42,43)/t21?,26?,29-/m1/s1. The third kappa shape index (κ3) is 4.62. The van der Waals surface area contributed by atoms with Crippen LogP contribution in [0.5, 0.6) is 5.75 Å². The highest BCUT2D eigenvalue weighted by molar-refractivity contribution is 7.89. The van der Waals surface area contributed by atoms with Gasteiger partial charge in [0.1, 0.15) is 16.9 Å². The number of fused-ring (bicyclic) bond motifs is 4. The summed E-state index contributed by atoms with van der Waals surface area (Å²) in [4.78, 5) is 25.8. The molecule has 12 heteroatoms. The largest absolute Gasteiger partial charge is 0.494 e. The van der Waals surface area contributed by atoms with Crippen LogP contribution in [0.1, 0.15) is 36.0 Å². The fraction of sp³-hybridized carbons (Fsp3) is 0.364. The molecule has 2 aromatic carbocycles. The SMILES string of the molecule is COc1cc(C(=O)N2CC3CCC2[C@@H]3N)cc2nc(-c3cc4ccc(-c5ccc(S(N)(=O)=O)cc5)nc4n3CC3CC3)n(C)c12. The van der Waals surface area contributed by atoms with E-state index in [1.165, 1.54) is 12.1 Å². The molecule has 2 unspecified atom stereocenters. The molecule has 2 saturated carbocycles. The van der Waals surface area contributed by atoms with Crippen LogP contribution in [0.15, 0.2) is 59.5 Å². The molecule has 3 atom stereocenters. The molecular formula is C33H35N7O4S. The summed E-state index contributed by atoms with van der Waals surface area (Å²) in [5.41, 5.74) is 11.8. The first-order chi connectivity index (χ1) is 21.6. The fourth-order valence-electron chi connectivity index (χ4n) is 7.30. The van der Waals surface area contributed by atoms with Crippen LogP contribution in [0, 0.1) is 11.8 Å². The first kappa shape index (κ1) is 28.2. The van der Waals surface area contributed by atoms with Crippen LogP contribution >= 0.6 is 0 Å². The number of rotatable bonds is 7. The van der Waals surface area contributed by atoms with Crippen LogP contribution in [-0.2, 0) is 23.6 Å². The van der Waals surface area contributed by atoms with Gasteiger partial charge in [-0.1, -0.05) is 12.1 Å².